The van der Waals surface area contributed by atoms with E-state index in [9.17, 15) is 4.79 Å². The third-order valence-electron chi connectivity index (χ3n) is 3.74. The van der Waals surface area contributed by atoms with Gasteiger partial charge >= 0.3 is 0 Å². The van der Waals surface area contributed by atoms with Gasteiger partial charge in [-0.25, -0.2) is 0 Å². The largest absolute Gasteiger partial charge is 0.354 e. The van der Waals surface area contributed by atoms with E-state index < -0.39 is 0 Å². The molecule has 0 radical (unpaired) electrons. The Bertz CT molecular complexity index is 445. The molecule has 0 aromatic heterocycles. The maximum Gasteiger partial charge on any atom is 0.224 e. The minimum atomic E-state index is -0.206. The number of amides is 1. The van der Waals surface area contributed by atoms with Crippen LogP contribution in [0.25, 0.3) is 0 Å². The van der Waals surface area contributed by atoms with Crippen molar-refractivity contribution in [2.75, 3.05) is 6.54 Å². The molecule has 0 atom stereocenters. The summed E-state index contributed by atoms with van der Waals surface area (Å²) in [6.07, 6.45) is 5.96. The molecule has 3 nitrogen and oxygen atoms in total. The second-order valence-electron chi connectivity index (χ2n) is 5.51. The Balaban J connectivity index is 0.00000200. The fourth-order valence-electron chi connectivity index (χ4n) is 2.60. The van der Waals surface area contributed by atoms with E-state index in [0.29, 0.717) is 18.0 Å². The van der Waals surface area contributed by atoms with Crippen LogP contribution in [0.1, 0.15) is 37.7 Å². The van der Waals surface area contributed by atoms with Gasteiger partial charge in [-0.3, -0.25) is 4.79 Å². The lowest BCUT2D eigenvalue weighted by Gasteiger charge is -2.33. The fourth-order valence-corrected chi connectivity index (χ4v) is 2.82. The molecule has 1 aromatic rings. The number of hydrogen-bond donors (Lipinski definition) is 2. The topological polar surface area (TPSA) is 55.1 Å². The van der Waals surface area contributed by atoms with Crippen molar-refractivity contribution in [1.82, 2.24) is 5.32 Å². The number of carbonyl (C=O) groups excluding carboxylic acids is 1. The molecular formula is C15H22Cl2N2O. The Morgan fingerprint density at radius 1 is 1.30 bits per heavy atom. The number of carbonyl (C=O) groups is 1. The minimum absolute atomic E-state index is 0. The maximum absolute atomic E-state index is 11.9. The molecule has 0 aliphatic heterocycles. The Morgan fingerprint density at radius 2 is 2.00 bits per heavy atom. The van der Waals surface area contributed by atoms with E-state index in [1.165, 1.54) is 19.3 Å². The molecule has 1 fully saturated rings. The number of hydrogen-bond acceptors (Lipinski definition) is 2. The SMILES string of the molecule is Cl.NC1(CNC(=O)Cc2cccc(Cl)c2)CCCCC1. The van der Waals surface area contributed by atoms with Gasteiger partial charge in [-0.15, -0.1) is 12.4 Å². The minimum Gasteiger partial charge on any atom is -0.354 e. The van der Waals surface area contributed by atoms with E-state index in [1.54, 1.807) is 6.07 Å². The highest BCUT2D eigenvalue weighted by Crippen LogP contribution is 2.25. The van der Waals surface area contributed by atoms with E-state index in [2.05, 4.69) is 5.32 Å². The molecule has 2 rings (SSSR count). The highest BCUT2D eigenvalue weighted by molar-refractivity contribution is 6.30. The van der Waals surface area contributed by atoms with Crippen molar-refractivity contribution in [3.63, 3.8) is 0 Å². The molecule has 1 aliphatic carbocycles. The lowest BCUT2D eigenvalue weighted by Crippen LogP contribution is -2.51. The first-order valence-corrected chi connectivity index (χ1v) is 7.25. The number of nitrogens with one attached hydrogen (secondary N) is 1. The summed E-state index contributed by atoms with van der Waals surface area (Å²) in [6.45, 7) is 0.576. The summed E-state index contributed by atoms with van der Waals surface area (Å²) in [5, 5.41) is 3.61. The number of rotatable bonds is 4. The Morgan fingerprint density at radius 3 is 2.65 bits per heavy atom. The van der Waals surface area contributed by atoms with E-state index in [1.807, 2.05) is 18.2 Å². The van der Waals surface area contributed by atoms with E-state index in [0.717, 1.165) is 18.4 Å². The highest BCUT2D eigenvalue weighted by Gasteiger charge is 2.27. The monoisotopic (exact) mass is 316 g/mol. The molecule has 0 heterocycles. The molecule has 1 amide bonds. The molecular weight excluding hydrogens is 295 g/mol. The van der Waals surface area contributed by atoms with Gasteiger partial charge in [0.05, 0.1) is 6.42 Å². The first-order valence-electron chi connectivity index (χ1n) is 6.87. The van der Waals surface area contributed by atoms with Crippen molar-refractivity contribution in [3.05, 3.63) is 34.9 Å². The lowest BCUT2D eigenvalue weighted by molar-refractivity contribution is -0.120. The quantitative estimate of drug-likeness (QED) is 0.896. The van der Waals surface area contributed by atoms with Crippen LogP contribution in [0, 0.1) is 0 Å². The summed E-state index contributed by atoms with van der Waals surface area (Å²) in [7, 11) is 0. The van der Waals surface area contributed by atoms with Gasteiger partial charge in [0.2, 0.25) is 5.91 Å². The molecule has 0 spiro atoms. The predicted octanol–water partition coefficient (Wildman–Crippen LogP) is 3.08. The third kappa shape index (κ3) is 5.31. The molecule has 1 saturated carbocycles. The number of nitrogens with two attached hydrogens (primary N) is 1. The standard InChI is InChI=1S/C15H21ClN2O.ClH/c16-13-6-4-5-12(9-13)10-14(19)18-11-15(17)7-2-1-3-8-15;/h4-6,9H,1-3,7-8,10-11,17H2,(H,18,19);1H. The van der Waals surface area contributed by atoms with Gasteiger partial charge in [-0.2, -0.15) is 0 Å². The first-order chi connectivity index (χ1) is 9.07. The van der Waals surface area contributed by atoms with Crippen LogP contribution in [0.3, 0.4) is 0 Å². The molecule has 112 valence electrons. The molecule has 0 saturated heterocycles. The van der Waals surface area contributed by atoms with Gasteiger partial charge in [0.25, 0.3) is 0 Å². The van der Waals surface area contributed by atoms with Crippen LogP contribution in [0.15, 0.2) is 24.3 Å². The van der Waals surface area contributed by atoms with Crippen LogP contribution < -0.4 is 11.1 Å². The van der Waals surface area contributed by atoms with Gasteiger partial charge < -0.3 is 11.1 Å². The predicted molar refractivity (Wildman–Crippen MR) is 85.4 cm³/mol. The van der Waals surface area contributed by atoms with Crippen molar-refractivity contribution in [2.45, 2.75) is 44.1 Å². The fraction of sp³-hybridized carbons (Fsp3) is 0.533. The first kappa shape index (κ1) is 17.3. The average Bonchev–Trinajstić information content (AvgIpc) is 2.38. The van der Waals surface area contributed by atoms with E-state index in [-0.39, 0.29) is 23.9 Å². The molecule has 3 N–H and O–H groups in total. The van der Waals surface area contributed by atoms with Crippen molar-refractivity contribution in [1.29, 1.82) is 0 Å². The van der Waals surface area contributed by atoms with Crippen LogP contribution >= 0.6 is 24.0 Å². The zero-order valence-corrected chi connectivity index (χ0v) is 13.1. The van der Waals surface area contributed by atoms with Gasteiger partial charge in [0, 0.05) is 17.1 Å². The Labute approximate surface area is 131 Å². The van der Waals surface area contributed by atoms with Gasteiger partial charge in [-0.1, -0.05) is 43.0 Å². The Hall–Kier alpha value is -0.770. The molecule has 20 heavy (non-hydrogen) atoms. The molecule has 1 aliphatic rings. The summed E-state index contributed by atoms with van der Waals surface area (Å²) in [6, 6.07) is 7.39. The van der Waals surface area contributed by atoms with Gasteiger partial charge in [-0.05, 0) is 30.5 Å². The van der Waals surface area contributed by atoms with E-state index in [4.69, 9.17) is 17.3 Å². The summed E-state index contributed by atoms with van der Waals surface area (Å²) in [5.74, 6) is 0.0117. The van der Waals surface area contributed by atoms with Crippen LogP contribution in [-0.2, 0) is 11.2 Å². The molecule has 1 aromatic carbocycles. The lowest BCUT2D eigenvalue weighted by atomic mass is 9.82. The zero-order chi connectivity index (χ0) is 13.7. The van der Waals surface area contributed by atoms with Crippen LogP contribution in [0.4, 0.5) is 0 Å². The average molecular weight is 317 g/mol. The van der Waals surface area contributed by atoms with Crippen LogP contribution in [0.2, 0.25) is 5.02 Å². The Kier molecular flexibility index (Phi) is 6.80. The normalized spacial score (nSPS) is 17.1. The van der Waals surface area contributed by atoms with Crippen LogP contribution in [0.5, 0.6) is 0 Å². The summed E-state index contributed by atoms with van der Waals surface area (Å²) >= 11 is 5.90. The second-order valence-corrected chi connectivity index (χ2v) is 5.94. The maximum atomic E-state index is 11.9. The van der Waals surface area contributed by atoms with E-state index >= 15 is 0 Å². The van der Waals surface area contributed by atoms with Crippen molar-refractivity contribution in [3.8, 4) is 0 Å². The van der Waals surface area contributed by atoms with Gasteiger partial charge in [0.15, 0.2) is 0 Å². The molecule has 5 heteroatoms. The second kappa shape index (κ2) is 7.87. The smallest absolute Gasteiger partial charge is 0.224 e. The zero-order valence-electron chi connectivity index (χ0n) is 11.5. The molecule has 0 bridgehead atoms. The number of benzene rings is 1. The van der Waals surface area contributed by atoms with Crippen molar-refractivity contribution >= 4 is 29.9 Å². The summed E-state index contributed by atoms with van der Waals surface area (Å²) in [4.78, 5) is 11.9. The highest BCUT2D eigenvalue weighted by atomic mass is 35.5. The third-order valence-corrected chi connectivity index (χ3v) is 3.98. The number of halogens is 2. The molecule has 0 unspecified atom stereocenters. The van der Waals surface area contributed by atoms with Crippen molar-refractivity contribution < 1.29 is 4.79 Å². The van der Waals surface area contributed by atoms with Crippen molar-refractivity contribution in [2.24, 2.45) is 5.73 Å². The summed E-state index contributed by atoms with van der Waals surface area (Å²) in [5.41, 5.74) is 7.01. The summed E-state index contributed by atoms with van der Waals surface area (Å²) < 4.78 is 0. The van der Waals surface area contributed by atoms with Crippen LogP contribution in [-0.4, -0.2) is 18.0 Å². The van der Waals surface area contributed by atoms with Gasteiger partial charge in [0.1, 0.15) is 0 Å².